The van der Waals surface area contributed by atoms with E-state index in [2.05, 4.69) is 27.7 Å². The summed E-state index contributed by atoms with van der Waals surface area (Å²) in [5.41, 5.74) is 0. The van der Waals surface area contributed by atoms with Crippen molar-refractivity contribution in [3.8, 4) is 0 Å². The number of carbonyl (C=O) groups excluding carboxylic acids is 3. The van der Waals surface area contributed by atoms with Gasteiger partial charge in [0.15, 0.2) is 6.10 Å². The molecule has 6 nitrogen and oxygen atoms in total. The molecule has 59 heavy (non-hydrogen) atoms. The molecule has 0 bridgehead atoms. The van der Waals surface area contributed by atoms with E-state index < -0.39 is 6.10 Å². The topological polar surface area (TPSA) is 78.9 Å². The summed E-state index contributed by atoms with van der Waals surface area (Å²) < 4.78 is 16.8. The summed E-state index contributed by atoms with van der Waals surface area (Å²) in [5, 5.41) is 0. The molecule has 0 amide bonds. The maximum absolute atomic E-state index is 12.8. The molecule has 0 N–H and O–H groups in total. The van der Waals surface area contributed by atoms with Crippen LogP contribution in [0.1, 0.15) is 297 Å². The Morgan fingerprint density at radius 1 is 0.322 bits per heavy atom. The fourth-order valence-electron chi connectivity index (χ4n) is 8.04. The van der Waals surface area contributed by atoms with Gasteiger partial charge in [0, 0.05) is 19.3 Å². The summed E-state index contributed by atoms with van der Waals surface area (Å²) in [7, 11) is 0. The van der Waals surface area contributed by atoms with Crippen LogP contribution in [-0.4, -0.2) is 37.2 Å². The SMILES string of the molecule is CCCCCCCCCCCCCCC(=O)OC[C@H](COC(=O)CCCCCCCCCCCC)OC(=O)CCCCCCCCCCCCCCCCCCC(C)C. The molecule has 0 rings (SSSR count). The highest BCUT2D eigenvalue weighted by Gasteiger charge is 2.19. The smallest absolute Gasteiger partial charge is 0.306 e. The van der Waals surface area contributed by atoms with Crippen molar-refractivity contribution in [3.63, 3.8) is 0 Å². The largest absolute Gasteiger partial charge is 0.462 e. The molecule has 1 atom stereocenters. The van der Waals surface area contributed by atoms with Crippen molar-refractivity contribution < 1.29 is 28.6 Å². The molecule has 0 unspecified atom stereocenters. The first-order chi connectivity index (χ1) is 28.9. The van der Waals surface area contributed by atoms with Crippen LogP contribution in [0.2, 0.25) is 0 Å². The lowest BCUT2D eigenvalue weighted by atomic mass is 10.0. The van der Waals surface area contributed by atoms with Gasteiger partial charge in [0.25, 0.3) is 0 Å². The second-order valence-electron chi connectivity index (χ2n) is 18.6. The molecule has 0 aromatic heterocycles. The van der Waals surface area contributed by atoms with Crippen LogP contribution >= 0.6 is 0 Å². The normalized spacial score (nSPS) is 11.9. The summed E-state index contributed by atoms with van der Waals surface area (Å²) >= 11 is 0. The van der Waals surface area contributed by atoms with E-state index in [1.165, 1.54) is 193 Å². The molecule has 0 aliphatic carbocycles. The molecule has 0 radical (unpaired) electrons. The van der Waals surface area contributed by atoms with Gasteiger partial charge in [-0.05, 0) is 25.2 Å². The Morgan fingerprint density at radius 2 is 0.559 bits per heavy atom. The molecule has 0 spiro atoms. The van der Waals surface area contributed by atoms with Gasteiger partial charge in [-0.25, -0.2) is 0 Å². The second kappa shape index (κ2) is 47.5. The lowest BCUT2D eigenvalue weighted by Crippen LogP contribution is -2.30. The Labute approximate surface area is 368 Å². The zero-order chi connectivity index (χ0) is 43.1. The molecule has 0 aliphatic rings. The van der Waals surface area contributed by atoms with Crippen molar-refractivity contribution in [1.29, 1.82) is 0 Å². The van der Waals surface area contributed by atoms with E-state index in [4.69, 9.17) is 14.2 Å². The summed E-state index contributed by atoms with van der Waals surface area (Å²) in [6.45, 7) is 9.03. The first-order valence-corrected chi connectivity index (χ1v) is 26.4. The van der Waals surface area contributed by atoms with Crippen LogP contribution in [-0.2, 0) is 28.6 Å². The number of hydrogen-bond acceptors (Lipinski definition) is 6. The van der Waals surface area contributed by atoms with Crippen LogP contribution in [0.25, 0.3) is 0 Å². The molecular weight excluding hydrogens is 733 g/mol. The Balaban J connectivity index is 4.24. The predicted octanol–water partition coefficient (Wildman–Crippen LogP) is 17.1. The average molecular weight is 835 g/mol. The number of esters is 3. The third kappa shape index (κ3) is 47.3. The molecule has 0 aromatic rings. The molecule has 0 aliphatic heterocycles. The zero-order valence-corrected chi connectivity index (χ0v) is 40.2. The summed E-state index contributed by atoms with van der Waals surface area (Å²) in [6.07, 6.45) is 49.4. The standard InChI is InChI=1S/C53H102O6/c1-5-7-9-11-13-15-17-25-29-33-37-41-45-52(55)58-48-50(47-57-51(54)44-40-36-32-28-16-14-12-10-8-6-2)59-53(56)46-42-38-34-30-26-23-21-19-18-20-22-24-27-31-35-39-43-49(3)4/h49-50H,5-48H2,1-4H3/t50-/m0/s1. The summed E-state index contributed by atoms with van der Waals surface area (Å²) in [6, 6.07) is 0. The highest BCUT2D eigenvalue weighted by molar-refractivity contribution is 5.71. The van der Waals surface area contributed by atoms with E-state index in [1.807, 2.05) is 0 Å². The molecule has 0 heterocycles. The van der Waals surface area contributed by atoms with Gasteiger partial charge >= 0.3 is 17.9 Å². The van der Waals surface area contributed by atoms with Crippen molar-refractivity contribution >= 4 is 17.9 Å². The first kappa shape index (κ1) is 57.4. The third-order valence-corrected chi connectivity index (χ3v) is 12.0. The number of carbonyl (C=O) groups is 3. The van der Waals surface area contributed by atoms with Crippen molar-refractivity contribution in [2.24, 2.45) is 5.92 Å². The lowest BCUT2D eigenvalue weighted by molar-refractivity contribution is -0.167. The second-order valence-corrected chi connectivity index (χ2v) is 18.6. The van der Waals surface area contributed by atoms with Crippen molar-refractivity contribution in [1.82, 2.24) is 0 Å². The van der Waals surface area contributed by atoms with Crippen LogP contribution in [0, 0.1) is 5.92 Å². The Bertz CT molecular complexity index is 887. The maximum Gasteiger partial charge on any atom is 0.306 e. The van der Waals surface area contributed by atoms with Gasteiger partial charge in [-0.2, -0.15) is 0 Å². The molecule has 6 heteroatoms. The maximum atomic E-state index is 12.8. The highest BCUT2D eigenvalue weighted by Crippen LogP contribution is 2.17. The van der Waals surface area contributed by atoms with Gasteiger partial charge in [0.05, 0.1) is 0 Å². The minimum Gasteiger partial charge on any atom is -0.462 e. The van der Waals surface area contributed by atoms with E-state index in [9.17, 15) is 14.4 Å². The number of ether oxygens (including phenoxy) is 3. The average Bonchev–Trinajstić information content (AvgIpc) is 3.22. The molecule has 350 valence electrons. The lowest BCUT2D eigenvalue weighted by Gasteiger charge is -2.18. The molecule has 0 fully saturated rings. The van der Waals surface area contributed by atoms with E-state index in [1.54, 1.807) is 0 Å². The Hall–Kier alpha value is -1.59. The van der Waals surface area contributed by atoms with E-state index >= 15 is 0 Å². The van der Waals surface area contributed by atoms with Crippen molar-refractivity contribution in [3.05, 3.63) is 0 Å². The fourth-order valence-corrected chi connectivity index (χ4v) is 8.04. The predicted molar refractivity (Wildman–Crippen MR) is 252 cm³/mol. The minimum absolute atomic E-state index is 0.0626. The molecule has 0 saturated carbocycles. The van der Waals surface area contributed by atoms with Crippen molar-refractivity contribution in [2.45, 2.75) is 303 Å². The number of unbranched alkanes of at least 4 members (excludes halogenated alkanes) is 35. The van der Waals surface area contributed by atoms with Gasteiger partial charge in [-0.1, -0.05) is 259 Å². The van der Waals surface area contributed by atoms with E-state index in [0.29, 0.717) is 19.3 Å². The molecule has 0 saturated heterocycles. The minimum atomic E-state index is -0.760. The summed E-state index contributed by atoms with van der Waals surface area (Å²) in [4.78, 5) is 37.9. The van der Waals surface area contributed by atoms with Crippen LogP contribution < -0.4 is 0 Å². The van der Waals surface area contributed by atoms with E-state index in [0.717, 1.165) is 63.7 Å². The van der Waals surface area contributed by atoms with Crippen LogP contribution in [0.3, 0.4) is 0 Å². The third-order valence-electron chi connectivity index (χ3n) is 12.0. The Morgan fingerprint density at radius 3 is 0.831 bits per heavy atom. The fraction of sp³-hybridized carbons (Fsp3) is 0.943. The molecular formula is C53H102O6. The first-order valence-electron chi connectivity index (χ1n) is 26.4. The number of rotatable bonds is 48. The van der Waals surface area contributed by atoms with Crippen molar-refractivity contribution in [2.75, 3.05) is 13.2 Å². The summed E-state index contributed by atoms with van der Waals surface area (Å²) in [5.74, 6) is 0.00752. The van der Waals surface area contributed by atoms with Gasteiger partial charge in [0.2, 0.25) is 0 Å². The quantitative estimate of drug-likeness (QED) is 0.0345. The zero-order valence-electron chi connectivity index (χ0n) is 40.2. The van der Waals surface area contributed by atoms with Crippen LogP contribution in [0.5, 0.6) is 0 Å². The monoisotopic (exact) mass is 835 g/mol. The van der Waals surface area contributed by atoms with Gasteiger partial charge < -0.3 is 14.2 Å². The van der Waals surface area contributed by atoms with E-state index in [-0.39, 0.29) is 31.1 Å². The molecule has 0 aromatic carbocycles. The van der Waals surface area contributed by atoms with Crippen LogP contribution in [0.4, 0.5) is 0 Å². The van der Waals surface area contributed by atoms with Gasteiger partial charge in [0.1, 0.15) is 13.2 Å². The van der Waals surface area contributed by atoms with Gasteiger partial charge in [-0.3, -0.25) is 14.4 Å². The number of hydrogen-bond donors (Lipinski definition) is 0. The Kier molecular flexibility index (Phi) is 46.2. The van der Waals surface area contributed by atoms with Crippen LogP contribution in [0.15, 0.2) is 0 Å². The highest BCUT2D eigenvalue weighted by atomic mass is 16.6. The van der Waals surface area contributed by atoms with Gasteiger partial charge in [-0.15, -0.1) is 0 Å².